The van der Waals surface area contributed by atoms with Crippen LogP contribution in [0.25, 0.3) is 0 Å². The molecule has 0 atom stereocenters. The molecule has 2 N–H and O–H groups in total. The fourth-order valence-corrected chi connectivity index (χ4v) is 2.41. The highest BCUT2D eigenvalue weighted by Gasteiger charge is 2.45. The summed E-state index contributed by atoms with van der Waals surface area (Å²) in [6.07, 6.45) is 2.26. The van der Waals surface area contributed by atoms with Gasteiger partial charge in [0.2, 0.25) is 0 Å². The number of benzene rings is 1. The zero-order valence-corrected chi connectivity index (χ0v) is 11.9. The molecular formula is C14H20ClNO2. The molecule has 0 saturated heterocycles. The van der Waals surface area contributed by atoms with Crippen molar-refractivity contribution < 1.29 is 9.47 Å². The van der Waals surface area contributed by atoms with E-state index in [1.54, 1.807) is 13.2 Å². The van der Waals surface area contributed by atoms with Gasteiger partial charge in [0.1, 0.15) is 0 Å². The minimum Gasteiger partial charge on any atom is -0.493 e. The number of rotatable bonds is 5. The number of methoxy groups -OCH3 is 1. The summed E-state index contributed by atoms with van der Waals surface area (Å²) < 4.78 is 11.3. The Bertz CT molecular complexity index is 442. The van der Waals surface area contributed by atoms with E-state index in [1.165, 1.54) is 0 Å². The third-order valence-electron chi connectivity index (χ3n) is 3.41. The molecule has 1 aromatic carbocycles. The molecule has 1 saturated carbocycles. The van der Waals surface area contributed by atoms with Crippen molar-refractivity contribution in [3.8, 4) is 11.5 Å². The molecule has 0 aromatic heterocycles. The smallest absolute Gasteiger partial charge is 0.165 e. The molecule has 1 aliphatic carbocycles. The van der Waals surface area contributed by atoms with Gasteiger partial charge in [0.25, 0.3) is 0 Å². The zero-order valence-electron chi connectivity index (χ0n) is 11.1. The van der Waals surface area contributed by atoms with Crippen molar-refractivity contribution in [2.24, 2.45) is 5.73 Å². The van der Waals surface area contributed by atoms with Crippen LogP contribution in [0.2, 0.25) is 5.02 Å². The molecule has 0 radical (unpaired) electrons. The van der Waals surface area contributed by atoms with E-state index in [2.05, 4.69) is 0 Å². The summed E-state index contributed by atoms with van der Waals surface area (Å²) in [5, 5.41) is 0.665. The predicted molar refractivity (Wildman–Crippen MR) is 73.7 cm³/mol. The van der Waals surface area contributed by atoms with Gasteiger partial charge in [-0.05, 0) is 32.8 Å². The Balaban J connectivity index is 2.51. The Hall–Kier alpha value is -0.930. The van der Waals surface area contributed by atoms with Crippen LogP contribution in [0.1, 0.15) is 32.3 Å². The third-order valence-corrected chi connectivity index (χ3v) is 3.63. The molecule has 4 heteroatoms. The number of ether oxygens (including phenoxy) is 2. The lowest BCUT2D eigenvalue weighted by molar-refractivity contribution is 0.226. The number of hydrogen-bond donors (Lipinski definition) is 1. The van der Waals surface area contributed by atoms with Gasteiger partial charge in [-0.25, -0.2) is 0 Å². The molecule has 0 spiro atoms. The Kier molecular flexibility index (Phi) is 3.74. The average Bonchev–Trinajstić information content (AvgIpc) is 3.11. The Morgan fingerprint density at radius 2 is 2.06 bits per heavy atom. The maximum absolute atomic E-state index is 6.15. The minimum absolute atomic E-state index is 0.0302. The number of halogens is 1. The summed E-state index contributed by atoms with van der Waals surface area (Å²) in [6.45, 7) is 4.62. The van der Waals surface area contributed by atoms with Gasteiger partial charge in [-0.1, -0.05) is 11.6 Å². The molecule has 0 bridgehead atoms. The van der Waals surface area contributed by atoms with Crippen molar-refractivity contribution in [3.05, 3.63) is 22.7 Å². The van der Waals surface area contributed by atoms with Gasteiger partial charge in [0.15, 0.2) is 11.5 Å². The molecule has 0 unspecified atom stereocenters. The first-order chi connectivity index (χ1) is 8.52. The summed E-state index contributed by atoms with van der Waals surface area (Å²) in [5.74, 6) is 1.48. The Labute approximate surface area is 113 Å². The highest BCUT2D eigenvalue weighted by atomic mass is 35.5. The number of nitrogens with two attached hydrogens (primary N) is 1. The zero-order chi connectivity index (χ0) is 13.3. The highest BCUT2D eigenvalue weighted by molar-refractivity contribution is 6.30. The second kappa shape index (κ2) is 4.98. The van der Waals surface area contributed by atoms with Crippen LogP contribution in [0.15, 0.2) is 12.1 Å². The van der Waals surface area contributed by atoms with Gasteiger partial charge in [0, 0.05) is 28.6 Å². The molecule has 1 aliphatic rings. The minimum atomic E-state index is 0.0302. The van der Waals surface area contributed by atoms with Gasteiger partial charge in [-0.2, -0.15) is 0 Å². The first kappa shape index (κ1) is 13.5. The van der Waals surface area contributed by atoms with Gasteiger partial charge < -0.3 is 15.2 Å². The van der Waals surface area contributed by atoms with Gasteiger partial charge in [-0.3, -0.25) is 0 Å². The lowest BCUT2D eigenvalue weighted by atomic mass is 9.94. The summed E-state index contributed by atoms with van der Waals surface area (Å²) in [6, 6.07) is 3.75. The maximum atomic E-state index is 6.15. The first-order valence-electron chi connectivity index (χ1n) is 6.27. The standard InChI is InChI=1S/C14H20ClNO2/c1-9(2)18-13-11(14(8-16)4-5-14)6-10(15)7-12(13)17-3/h6-7,9H,4-5,8,16H2,1-3H3. The van der Waals surface area contributed by atoms with E-state index in [0.29, 0.717) is 17.3 Å². The molecule has 1 fully saturated rings. The van der Waals surface area contributed by atoms with Crippen LogP contribution >= 0.6 is 11.6 Å². The summed E-state index contributed by atoms with van der Waals surface area (Å²) in [5.41, 5.74) is 7.02. The Morgan fingerprint density at radius 1 is 1.39 bits per heavy atom. The van der Waals surface area contributed by atoms with E-state index < -0.39 is 0 Å². The molecule has 3 nitrogen and oxygen atoms in total. The van der Waals surface area contributed by atoms with E-state index in [-0.39, 0.29) is 11.5 Å². The van der Waals surface area contributed by atoms with E-state index in [9.17, 15) is 0 Å². The van der Waals surface area contributed by atoms with Crippen molar-refractivity contribution in [1.29, 1.82) is 0 Å². The van der Waals surface area contributed by atoms with Crippen molar-refractivity contribution in [3.63, 3.8) is 0 Å². The van der Waals surface area contributed by atoms with Crippen LogP contribution in [-0.4, -0.2) is 19.8 Å². The lowest BCUT2D eigenvalue weighted by Gasteiger charge is -2.22. The molecule has 18 heavy (non-hydrogen) atoms. The average molecular weight is 270 g/mol. The van der Waals surface area contributed by atoms with Crippen molar-refractivity contribution in [2.45, 2.75) is 38.2 Å². The van der Waals surface area contributed by atoms with Crippen molar-refractivity contribution >= 4 is 11.6 Å². The quantitative estimate of drug-likeness (QED) is 0.893. The second-order valence-electron chi connectivity index (χ2n) is 5.14. The van der Waals surface area contributed by atoms with E-state index in [0.717, 1.165) is 24.2 Å². The first-order valence-corrected chi connectivity index (χ1v) is 6.65. The van der Waals surface area contributed by atoms with Crippen molar-refractivity contribution in [1.82, 2.24) is 0 Å². The largest absolute Gasteiger partial charge is 0.493 e. The summed E-state index contributed by atoms with van der Waals surface area (Å²) in [7, 11) is 1.63. The van der Waals surface area contributed by atoms with E-state index in [1.807, 2.05) is 19.9 Å². The Morgan fingerprint density at radius 3 is 2.50 bits per heavy atom. The van der Waals surface area contributed by atoms with Crippen LogP contribution in [0.5, 0.6) is 11.5 Å². The molecule has 2 rings (SSSR count). The van der Waals surface area contributed by atoms with Crippen LogP contribution in [0, 0.1) is 0 Å². The summed E-state index contributed by atoms with van der Waals surface area (Å²) in [4.78, 5) is 0. The van der Waals surface area contributed by atoms with Gasteiger partial charge >= 0.3 is 0 Å². The molecule has 0 aliphatic heterocycles. The van der Waals surface area contributed by atoms with Gasteiger partial charge in [-0.15, -0.1) is 0 Å². The molecule has 1 aromatic rings. The molecular weight excluding hydrogens is 250 g/mol. The number of hydrogen-bond acceptors (Lipinski definition) is 3. The fourth-order valence-electron chi connectivity index (χ4n) is 2.21. The summed E-state index contributed by atoms with van der Waals surface area (Å²) >= 11 is 6.15. The van der Waals surface area contributed by atoms with Crippen LogP contribution in [0.3, 0.4) is 0 Å². The lowest BCUT2D eigenvalue weighted by Crippen LogP contribution is -2.22. The predicted octanol–water partition coefficient (Wildman–Crippen LogP) is 3.13. The molecule has 0 amide bonds. The normalized spacial score (nSPS) is 16.8. The van der Waals surface area contributed by atoms with Gasteiger partial charge in [0.05, 0.1) is 13.2 Å². The van der Waals surface area contributed by atoms with Crippen molar-refractivity contribution in [2.75, 3.05) is 13.7 Å². The highest BCUT2D eigenvalue weighted by Crippen LogP contribution is 2.53. The fraction of sp³-hybridized carbons (Fsp3) is 0.571. The third kappa shape index (κ3) is 2.43. The molecule has 100 valence electrons. The van der Waals surface area contributed by atoms with Crippen LogP contribution in [0.4, 0.5) is 0 Å². The maximum Gasteiger partial charge on any atom is 0.165 e. The monoisotopic (exact) mass is 269 g/mol. The van der Waals surface area contributed by atoms with Crippen LogP contribution < -0.4 is 15.2 Å². The topological polar surface area (TPSA) is 44.5 Å². The SMILES string of the molecule is COc1cc(Cl)cc(C2(CN)CC2)c1OC(C)C. The second-order valence-corrected chi connectivity index (χ2v) is 5.57. The molecule has 0 heterocycles. The van der Waals surface area contributed by atoms with E-state index >= 15 is 0 Å². The van der Waals surface area contributed by atoms with E-state index in [4.69, 9.17) is 26.8 Å². The van der Waals surface area contributed by atoms with Crippen LogP contribution in [-0.2, 0) is 5.41 Å².